The second-order valence-corrected chi connectivity index (χ2v) is 6.85. The Morgan fingerprint density at radius 1 is 0.963 bits per heavy atom. The maximum absolute atomic E-state index is 12.6. The lowest BCUT2D eigenvalue weighted by Gasteiger charge is -2.17. The molecule has 0 unspecified atom stereocenters. The van der Waals surface area contributed by atoms with E-state index in [9.17, 15) is 14.4 Å². The third-order valence-corrected chi connectivity index (χ3v) is 4.75. The lowest BCUT2D eigenvalue weighted by atomic mass is 9.98. The molecular formula is C22H22O5. The van der Waals surface area contributed by atoms with Crippen molar-refractivity contribution in [2.24, 2.45) is 0 Å². The molecular weight excluding hydrogens is 344 g/mol. The molecule has 2 aromatic carbocycles. The number of ketones is 2. The first-order valence-electron chi connectivity index (χ1n) is 9.16. The number of benzene rings is 2. The molecule has 0 heterocycles. The van der Waals surface area contributed by atoms with E-state index in [0.717, 1.165) is 36.8 Å². The van der Waals surface area contributed by atoms with Gasteiger partial charge in [0.15, 0.2) is 5.78 Å². The van der Waals surface area contributed by atoms with Crippen molar-refractivity contribution >= 4 is 17.5 Å². The van der Waals surface area contributed by atoms with E-state index in [1.165, 1.54) is 0 Å². The second-order valence-electron chi connectivity index (χ2n) is 6.85. The van der Waals surface area contributed by atoms with E-state index in [4.69, 9.17) is 9.84 Å². The Hall–Kier alpha value is -2.95. The summed E-state index contributed by atoms with van der Waals surface area (Å²) in [6.07, 6.45) is 4.10. The summed E-state index contributed by atoms with van der Waals surface area (Å²) >= 11 is 0. The number of ether oxygens (including phenoxy) is 1. The van der Waals surface area contributed by atoms with E-state index < -0.39 is 24.0 Å². The molecule has 0 radical (unpaired) electrons. The van der Waals surface area contributed by atoms with E-state index >= 15 is 0 Å². The maximum Gasteiger partial charge on any atom is 0.372 e. The van der Waals surface area contributed by atoms with Gasteiger partial charge in [0.1, 0.15) is 5.75 Å². The Kier molecular flexibility index (Phi) is 6.01. The first-order chi connectivity index (χ1) is 13.0. The Bertz CT molecular complexity index is 835. The number of hydrogen-bond donors (Lipinski definition) is 1. The van der Waals surface area contributed by atoms with Crippen LogP contribution in [0.5, 0.6) is 5.75 Å². The topological polar surface area (TPSA) is 80.7 Å². The van der Waals surface area contributed by atoms with Crippen LogP contribution >= 0.6 is 0 Å². The number of carbonyl (C=O) groups excluding carboxylic acids is 2. The molecule has 2 aromatic rings. The number of carboxylic acid groups (broad SMARTS) is 1. The van der Waals surface area contributed by atoms with Crippen LogP contribution in [0.25, 0.3) is 0 Å². The molecule has 0 aromatic heterocycles. The standard InChI is InChI=1S/C22H22O5/c23-19(14-20(24)22(25)26)18-13-16(12-15-6-2-1-3-7-15)10-11-21(18)27-17-8-4-5-9-17/h1-3,6-7,10-11,13,17H,4-5,8-9,12,14H2,(H,25,26). The molecule has 3 rings (SSSR count). The van der Waals surface area contributed by atoms with E-state index in [1.54, 1.807) is 12.1 Å². The third kappa shape index (κ3) is 5.03. The van der Waals surface area contributed by atoms with Gasteiger partial charge >= 0.3 is 5.97 Å². The average molecular weight is 366 g/mol. The summed E-state index contributed by atoms with van der Waals surface area (Å²) in [5.74, 6) is -2.80. The molecule has 0 atom stereocenters. The number of carbonyl (C=O) groups is 3. The molecule has 1 N–H and O–H groups in total. The smallest absolute Gasteiger partial charge is 0.372 e. The first kappa shape index (κ1) is 18.8. The van der Waals surface area contributed by atoms with Crippen molar-refractivity contribution in [2.75, 3.05) is 0 Å². The third-order valence-electron chi connectivity index (χ3n) is 4.75. The van der Waals surface area contributed by atoms with Crippen LogP contribution in [-0.2, 0) is 16.0 Å². The Morgan fingerprint density at radius 2 is 1.67 bits per heavy atom. The van der Waals surface area contributed by atoms with Gasteiger partial charge in [-0.3, -0.25) is 9.59 Å². The van der Waals surface area contributed by atoms with Gasteiger partial charge in [0.2, 0.25) is 5.78 Å². The van der Waals surface area contributed by atoms with E-state index in [2.05, 4.69) is 0 Å². The zero-order valence-electron chi connectivity index (χ0n) is 15.0. The molecule has 1 aliphatic rings. The molecule has 1 saturated carbocycles. The Balaban J connectivity index is 1.86. The van der Waals surface area contributed by atoms with E-state index in [-0.39, 0.29) is 11.7 Å². The quantitative estimate of drug-likeness (QED) is 0.436. The molecule has 1 aliphatic carbocycles. The van der Waals surface area contributed by atoms with Gasteiger partial charge in [-0.15, -0.1) is 0 Å². The molecule has 1 fully saturated rings. The summed E-state index contributed by atoms with van der Waals surface area (Å²) < 4.78 is 6.00. The fraction of sp³-hybridized carbons (Fsp3) is 0.318. The highest BCUT2D eigenvalue weighted by molar-refractivity contribution is 6.37. The highest BCUT2D eigenvalue weighted by atomic mass is 16.5. The van der Waals surface area contributed by atoms with Crippen LogP contribution in [0.2, 0.25) is 0 Å². The summed E-state index contributed by atoms with van der Waals surface area (Å²) in [6.45, 7) is 0. The average Bonchev–Trinajstić information content (AvgIpc) is 3.16. The molecule has 27 heavy (non-hydrogen) atoms. The lowest BCUT2D eigenvalue weighted by molar-refractivity contribution is -0.148. The highest BCUT2D eigenvalue weighted by Gasteiger charge is 2.23. The number of aliphatic carboxylic acids is 1. The molecule has 0 bridgehead atoms. The highest BCUT2D eigenvalue weighted by Crippen LogP contribution is 2.29. The normalized spacial score (nSPS) is 14.1. The van der Waals surface area contributed by atoms with Crippen LogP contribution in [0.15, 0.2) is 48.5 Å². The van der Waals surface area contributed by atoms with E-state index in [1.807, 2.05) is 36.4 Å². The SMILES string of the molecule is O=C(O)C(=O)CC(=O)c1cc(Cc2ccccc2)ccc1OC1CCCC1. The molecule has 140 valence electrons. The molecule has 0 spiro atoms. The monoisotopic (exact) mass is 366 g/mol. The van der Waals surface area contributed by atoms with Crippen molar-refractivity contribution in [3.8, 4) is 5.75 Å². The summed E-state index contributed by atoms with van der Waals surface area (Å²) in [5, 5.41) is 8.79. The van der Waals surface area contributed by atoms with Crippen molar-refractivity contribution in [2.45, 2.75) is 44.6 Å². The minimum absolute atomic E-state index is 0.0618. The summed E-state index contributed by atoms with van der Waals surface area (Å²) in [6, 6.07) is 15.2. The van der Waals surface area contributed by atoms with Gasteiger partial charge in [0.25, 0.3) is 0 Å². The first-order valence-corrected chi connectivity index (χ1v) is 9.16. The number of Topliss-reactive ketones (excluding diaryl/α,β-unsaturated/α-hetero) is 2. The van der Waals surface area contributed by atoms with Crippen LogP contribution in [0.3, 0.4) is 0 Å². The predicted octanol–water partition coefficient (Wildman–Crippen LogP) is 3.83. The van der Waals surface area contributed by atoms with Gasteiger partial charge in [-0.05, 0) is 55.4 Å². The van der Waals surface area contributed by atoms with Crippen molar-refractivity contribution in [3.05, 3.63) is 65.2 Å². The van der Waals surface area contributed by atoms with Crippen LogP contribution in [-0.4, -0.2) is 28.7 Å². The molecule has 0 amide bonds. The summed E-state index contributed by atoms with van der Waals surface area (Å²) in [7, 11) is 0. The zero-order chi connectivity index (χ0) is 19.2. The van der Waals surface area contributed by atoms with Crippen LogP contribution < -0.4 is 4.74 Å². The van der Waals surface area contributed by atoms with Crippen LogP contribution in [0.1, 0.15) is 53.6 Å². The number of carboxylic acids is 1. The largest absolute Gasteiger partial charge is 0.490 e. The van der Waals surface area contributed by atoms with Crippen LogP contribution in [0, 0.1) is 0 Å². The molecule has 5 nitrogen and oxygen atoms in total. The fourth-order valence-corrected chi connectivity index (χ4v) is 3.34. The van der Waals surface area contributed by atoms with Crippen LogP contribution in [0.4, 0.5) is 0 Å². The van der Waals surface area contributed by atoms with Gasteiger partial charge in [-0.2, -0.15) is 0 Å². The minimum Gasteiger partial charge on any atom is -0.490 e. The van der Waals surface area contributed by atoms with Crippen molar-refractivity contribution in [1.82, 2.24) is 0 Å². The van der Waals surface area contributed by atoms with Gasteiger partial charge < -0.3 is 9.84 Å². The van der Waals surface area contributed by atoms with Gasteiger partial charge in [-0.25, -0.2) is 4.79 Å². The van der Waals surface area contributed by atoms with Gasteiger partial charge in [-0.1, -0.05) is 36.4 Å². The fourth-order valence-electron chi connectivity index (χ4n) is 3.34. The summed E-state index contributed by atoms with van der Waals surface area (Å²) in [5.41, 5.74) is 2.29. The van der Waals surface area contributed by atoms with E-state index in [0.29, 0.717) is 12.2 Å². The van der Waals surface area contributed by atoms with Crippen molar-refractivity contribution in [3.63, 3.8) is 0 Å². The Morgan fingerprint density at radius 3 is 2.33 bits per heavy atom. The number of rotatable bonds is 8. The molecule has 0 saturated heterocycles. The van der Waals surface area contributed by atoms with Gasteiger partial charge in [0, 0.05) is 0 Å². The van der Waals surface area contributed by atoms with Crippen molar-refractivity contribution < 1.29 is 24.2 Å². The summed E-state index contributed by atoms with van der Waals surface area (Å²) in [4.78, 5) is 34.9. The Labute approximate surface area is 158 Å². The lowest BCUT2D eigenvalue weighted by Crippen LogP contribution is -2.19. The minimum atomic E-state index is -1.60. The second kappa shape index (κ2) is 8.62. The molecule has 5 heteroatoms. The maximum atomic E-state index is 12.6. The zero-order valence-corrected chi connectivity index (χ0v) is 15.0. The predicted molar refractivity (Wildman–Crippen MR) is 100 cm³/mol. The van der Waals surface area contributed by atoms with Crippen molar-refractivity contribution in [1.29, 1.82) is 0 Å². The number of hydrogen-bond acceptors (Lipinski definition) is 4. The molecule has 0 aliphatic heterocycles. The van der Waals surface area contributed by atoms with Gasteiger partial charge in [0.05, 0.1) is 18.1 Å².